The Labute approximate surface area is 484 Å². The Morgan fingerprint density at radius 1 is 0.313 bits per heavy atom. The molecule has 9 aliphatic heterocycles. The van der Waals surface area contributed by atoms with Crippen LogP contribution in [-0.2, 0) is 17.5 Å². The minimum atomic E-state index is -5.61. The number of phosphoric acid groups is 1. The van der Waals surface area contributed by atoms with Gasteiger partial charge in [-0.1, -0.05) is 0 Å². The summed E-state index contributed by atoms with van der Waals surface area (Å²) >= 11 is 0. The summed E-state index contributed by atoms with van der Waals surface area (Å²) < 4.78 is 92.5. The first-order valence-electron chi connectivity index (χ1n) is 31.0. The van der Waals surface area contributed by atoms with E-state index in [1.54, 1.807) is 18.6 Å². The molecule has 0 spiro atoms. The van der Waals surface area contributed by atoms with E-state index in [-0.39, 0.29) is 0 Å². The molecule has 0 aromatic carbocycles. The van der Waals surface area contributed by atoms with Crippen molar-refractivity contribution >= 4 is 63.8 Å². The third kappa shape index (κ3) is 8.54. The second kappa shape index (κ2) is 21.7. The van der Waals surface area contributed by atoms with E-state index in [1.807, 2.05) is 36.4 Å². The van der Waals surface area contributed by atoms with E-state index in [0.29, 0.717) is 151 Å². The van der Waals surface area contributed by atoms with Crippen LogP contribution >= 0.6 is 30.4 Å². The van der Waals surface area contributed by atoms with Crippen LogP contribution in [0.3, 0.4) is 0 Å². The standard InChI is InChI=1S/C51H81N21O7P4/c73-80(77-81(61-28-1-2-29-61,62-30-3-4-31-62,63-32-5-6-33-63)74-70-49-46(55-58-70)22-19-25-52-49,78-82(64-34-7-8-35-64,65-36-9-10-37-65,66-38-11-12-39-66)75-71-50-47(56-59-71)23-20-26-53-50)79-83(67-40-13-14-41-67,68-42-15-16-43-68,69-44-17-18-45-69)76-72-51-48(57-60-72)24-21-27-54-51/h19-27H,1-18,28-45H2. The van der Waals surface area contributed by atoms with Gasteiger partial charge in [0.05, 0.1) is 0 Å². The van der Waals surface area contributed by atoms with Gasteiger partial charge in [-0.05, 0) is 0 Å². The zero-order valence-electron chi connectivity index (χ0n) is 47.7. The van der Waals surface area contributed by atoms with Crippen LogP contribution in [-0.4, -0.2) is 220 Å². The molecule has 0 aliphatic carbocycles. The van der Waals surface area contributed by atoms with Crippen molar-refractivity contribution in [2.24, 2.45) is 0 Å². The van der Waals surface area contributed by atoms with Gasteiger partial charge in [-0.3, -0.25) is 0 Å². The second-order valence-electron chi connectivity index (χ2n) is 23.8. The fourth-order valence-electron chi connectivity index (χ4n) is 15.3. The fourth-order valence-corrected chi connectivity index (χ4v) is 38.8. The maximum absolute atomic E-state index is 20.0. The summed E-state index contributed by atoms with van der Waals surface area (Å²) in [4.78, 5) is 19.1. The maximum atomic E-state index is 20.0. The molecule has 0 radical (unpaired) electrons. The topological polar surface area (TPSA) is 232 Å². The first kappa shape index (κ1) is 55.7. The van der Waals surface area contributed by atoms with E-state index < -0.39 is 30.4 Å². The average molecular weight is 1220 g/mol. The molecular weight excluding hydrogens is 1140 g/mol. The molecule has 9 aliphatic rings. The zero-order valence-corrected chi connectivity index (χ0v) is 51.3. The summed E-state index contributed by atoms with van der Waals surface area (Å²) in [6.45, 7) is 10.4. The van der Waals surface area contributed by atoms with Crippen LogP contribution in [0.4, 0.5) is 0 Å². The van der Waals surface area contributed by atoms with Gasteiger partial charge in [0.1, 0.15) is 0 Å². The van der Waals surface area contributed by atoms with Crippen molar-refractivity contribution in [1.82, 2.24) is 102 Å². The summed E-state index contributed by atoms with van der Waals surface area (Å²) in [6.07, 6.45) is 20.5. The number of pyridine rings is 3. The molecule has 15 rings (SSSR count). The Morgan fingerprint density at radius 3 is 0.699 bits per heavy atom. The van der Waals surface area contributed by atoms with Gasteiger partial charge >= 0.3 is 486 Å². The van der Waals surface area contributed by atoms with E-state index in [1.165, 1.54) is 14.5 Å². The molecule has 452 valence electrons. The van der Waals surface area contributed by atoms with Gasteiger partial charge in [-0.15, -0.1) is 0 Å². The Balaban J connectivity index is 1.08. The third-order valence-corrected chi connectivity index (χ3v) is 38.5. The number of hydrogen-bond donors (Lipinski definition) is 0. The molecular formula is C51H81N21O7P4. The number of fused-ring (bicyclic) bond motifs is 3. The number of nitrogens with zero attached hydrogens (tertiary/aromatic N) is 21. The Morgan fingerprint density at radius 2 is 0.506 bits per heavy atom. The zero-order chi connectivity index (χ0) is 55.7. The molecule has 0 N–H and O–H groups in total. The van der Waals surface area contributed by atoms with Crippen LogP contribution < -0.4 is 13.9 Å². The van der Waals surface area contributed by atoms with Gasteiger partial charge in [-0.25, -0.2) is 0 Å². The van der Waals surface area contributed by atoms with Crippen LogP contribution in [0.25, 0.3) is 33.5 Å². The van der Waals surface area contributed by atoms with Crippen molar-refractivity contribution in [2.75, 3.05) is 118 Å². The molecule has 6 aromatic heterocycles. The first-order chi connectivity index (χ1) is 40.8. The number of hydrogen-bond acceptors (Lipinski definition) is 25. The molecule has 32 heteroatoms. The molecule has 6 aromatic rings. The number of aromatic nitrogens is 12. The van der Waals surface area contributed by atoms with Crippen molar-refractivity contribution < 1.29 is 31.4 Å². The number of rotatable bonds is 21. The van der Waals surface area contributed by atoms with E-state index in [4.69, 9.17) is 72.7 Å². The molecule has 9 fully saturated rings. The molecule has 0 saturated carbocycles. The van der Waals surface area contributed by atoms with Crippen molar-refractivity contribution in [2.45, 2.75) is 116 Å². The molecule has 9 saturated heterocycles. The van der Waals surface area contributed by atoms with Crippen LogP contribution in [0.5, 0.6) is 0 Å². The SMILES string of the molecule is O=P(OP(On1nnc2cccnc21)(N1CCCC1)(N1CCCC1)N1CCCC1)(OP(On1nnc2cccnc21)(N1CCCC1)(N1CCCC1)N1CCCC1)OP(On1nnc2cccnc21)(N1CCCC1)(N1CCCC1)N1CCCC1. The first-order valence-corrected chi connectivity index (χ1v) is 38.2. The fraction of sp³-hybridized carbons (Fsp3) is 0.706. The normalized spacial score (nSPS) is 25.5. The van der Waals surface area contributed by atoms with E-state index in [9.17, 15) is 0 Å². The Bertz CT molecular complexity index is 2850. The molecule has 0 amide bonds. The van der Waals surface area contributed by atoms with Crippen LogP contribution in [0.2, 0.25) is 0 Å². The van der Waals surface area contributed by atoms with Crippen LogP contribution in [0.15, 0.2) is 55.0 Å². The van der Waals surface area contributed by atoms with E-state index >= 15 is 4.57 Å². The van der Waals surface area contributed by atoms with Gasteiger partial charge in [0.25, 0.3) is 0 Å². The predicted molar refractivity (Wildman–Crippen MR) is 315 cm³/mol. The summed E-state index contributed by atoms with van der Waals surface area (Å²) in [7, 11) is -21.5. The van der Waals surface area contributed by atoms with Crippen molar-refractivity contribution in [3.8, 4) is 0 Å². The average Bonchev–Trinajstić information content (AvgIpc) is 1.70. The summed E-state index contributed by atoms with van der Waals surface area (Å²) in [6, 6.07) is 11.2. The van der Waals surface area contributed by atoms with Gasteiger partial charge in [0.2, 0.25) is 0 Å². The van der Waals surface area contributed by atoms with Gasteiger partial charge < -0.3 is 0 Å². The van der Waals surface area contributed by atoms with Gasteiger partial charge in [0, 0.05) is 0 Å². The summed E-state index contributed by atoms with van der Waals surface area (Å²) in [5.41, 5.74) is 2.91. The molecule has 15 heterocycles. The molecule has 0 bridgehead atoms. The van der Waals surface area contributed by atoms with Crippen molar-refractivity contribution in [3.63, 3.8) is 0 Å². The minimum absolute atomic E-state index is 0.416. The summed E-state index contributed by atoms with van der Waals surface area (Å²) in [5.74, 6) is 0. The van der Waals surface area contributed by atoms with Gasteiger partial charge in [0.15, 0.2) is 0 Å². The molecule has 28 nitrogen and oxygen atoms in total. The van der Waals surface area contributed by atoms with Crippen molar-refractivity contribution in [1.29, 1.82) is 0 Å². The van der Waals surface area contributed by atoms with E-state index in [0.717, 1.165) is 116 Å². The molecule has 0 atom stereocenters. The Hall–Kier alpha value is -3.91. The monoisotopic (exact) mass is 1220 g/mol. The summed E-state index contributed by atoms with van der Waals surface area (Å²) in [5, 5.41) is 28.6. The van der Waals surface area contributed by atoms with Crippen LogP contribution in [0, 0.1) is 0 Å². The second-order valence-corrected chi connectivity index (χ2v) is 37.2. The van der Waals surface area contributed by atoms with Crippen LogP contribution in [0.1, 0.15) is 116 Å². The van der Waals surface area contributed by atoms with Gasteiger partial charge in [-0.2, -0.15) is 0 Å². The molecule has 0 unspecified atom stereocenters. The third-order valence-electron chi connectivity index (χ3n) is 19.0. The molecule has 83 heavy (non-hydrogen) atoms. The van der Waals surface area contributed by atoms with Crippen molar-refractivity contribution in [3.05, 3.63) is 55.0 Å². The quantitative estimate of drug-likeness (QED) is 0.0648. The predicted octanol–water partition coefficient (Wildman–Crippen LogP) is 7.20. The van der Waals surface area contributed by atoms with E-state index in [2.05, 4.69) is 42.0 Å². The Kier molecular flexibility index (Phi) is 14.6.